The maximum atomic E-state index is 12.3. The van der Waals surface area contributed by atoms with Crippen LogP contribution in [0.1, 0.15) is 16.8 Å². The van der Waals surface area contributed by atoms with E-state index in [2.05, 4.69) is 10.4 Å². The Balaban J connectivity index is 1.78. The summed E-state index contributed by atoms with van der Waals surface area (Å²) in [5.41, 5.74) is 0.507. The predicted molar refractivity (Wildman–Crippen MR) is 101 cm³/mol. The van der Waals surface area contributed by atoms with E-state index in [1.807, 2.05) is 0 Å². The summed E-state index contributed by atoms with van der Waals surface area (Å²) in [6.07, 6.45) is 0.454. The number of hydrogen-bond donors (Lipinski definition) is 1. The lowest BCUT2D eigenvalue weighted by atomic mass is 10.2. The molecule has 1 N–H and O–H groups in total. The van der Waals surface area contributed by atoms with E-state index in [0.29, 0.717) is 39.6 Å². The second-order valence-corrected chi connectivity index (χ2v) is 6.65. The maximum Gasteiger partial charge on any atom is 0.270 e. The molecule has 0 spiro atoms. The molecule has 2 aromatic carbocycles. The van der Waals surface area contributed by atoms with Gasteiger partial charge < -0.3 is 5.32 Å². The zero-order valence-corrected chi connectivity index (χ0v) is 15.3. The van der Waals surface area contributed by atoms with Gasteiger partial charge in [-0.3, -0.25) is 19.9 Å². The Kier molecular flexibility index (Phi) is 5.31. The third-order valence-corrected chi connectivity index (χ3v) is 4.41. The molecule has 2 aromatic rings. The molecular formula is C16H11Cl3N4O3. The van der Waals surface area contributed by atoms with E-state index in [9.17, 15) is 14.9 Å². The molecule has 3 rings (SSSR count). The van der Waals surface area contributed by atoms with Crippen LogP contribution >= 0.6 is 34.8 Å². The van der Waals surface area contributed by atoms with Crippen LogP contribution in [-0.2, 0) is 0 Å². The minimum absolute atomic E-state index is 0.160. The van der Waals surface area contributed by atoms with Crippen LogP contribution in [0.3, 0.4) is 0 Å². The standard InChI is InChI=1S/C16H11Cl3N4O3/c17-10-7-12(18)15(13(19)8-10)22-5-4-14(21-22)20-16(24)9-2-1-3-11(6-9)23(25)26/h1-3,6-8H,4-5H2,(H,20,21,24). The van der Waals surface area contributed by atoms with Gasteiger partial charge in [-0.25, -0.2) is 0 Å². The number of non-ortho nitro benzene ring substituents is 1. The van der Waals surface area contributed by atoms with Gasteiger partial charge in [0.15, 0.2) is 0 Å². The zero-order valence-electron chi connectivity index (χ0n) is 13.1. The summed E-state index contributed by atoms with van der Waals surface area (Å²) in [4.78, 5) is 22.6. The number of nitro groups is 1. The molecular weight excluding hydrogens is 403 g/mol. The van der Waals surface area contributed by atoms with Crippen LogP contribution in [0.5, 0.6) is 0 Å². The van der Waals surface area contributed by atoms with E-state index < -0.39 is 10.8 Å². The molecule has 26 heavy (non-hydrogen) atoms. The van der Waals surface area contributed by atoms with Crippen LogP contribution in [0.2, 0.25) is 15.1 Å². The van der Waals surface area contributed by atoms with E-state index in [1.54, 1.807) is 17.1 Å². The van der Waals surface area contributed by atoms with Gasteiger partial charge >= 0.3 is 0 Å². The highest BCUT2D eigenvalue weighted by atomic mass is 35.5. The Morgan fingerprint density at radius 3 is 2.54 bits per heavy atom. The minimum atomic E-state index is -0.559. The number of nitrogens with zero attached hydrogens (tertiary/aromatic N) is 3. The second-order valence-electron chi connectivity index (χ2n) is 5.40. The van der Waals surface area contributed by atoms with Gasteiger partial charge in [0, 0.05) is 35.7 Å². The normalized spacial score (nSPS) is 13.5. The first-order valence-electron chi connectivity index (χ1n) is 7.40. The molecule has 7 nitrogen and oxygen atoms in total. The lowest BCUT2D eigenvalue weighted by Crippen LogP contribution is -2.29. The summed E-state index contributed by atoms with van der Waals surface area (Å²) in [6.45, 7) is 0.464. The number of amidine groups is 1. The summed E-state index contributed by atoms with van der Waals surface area (Å²) >= 11 is 18.3. The van der Waals surface area contributed by atoms with Gasteiger partial charge in [0.2, 0.25) is 0 Å². The molecule has 0 saturated heterocycles. The van der Waals surface area contributed by atoms with Crippen LogP contribution in [0.4, 0.5) is 11.4 Å². The van der Waals surface area contributed by atoms with Crippen LogP contribution in [0.25, 0.3) is 0 Å². The van der Waals surface area contributed by atoms with Crippen LogP contribution < -0.4 is 10.3 Å². The van der Waals surface area contributed by atoms with Crippen molar-refractivity contribution in [2.24, 2.45) is 5.10 Å². The molecule has 0 aliphatic carbocycles. The lowest BCUT2D eigenvalue weighted by molar-refractivity contribution is -0.384. The number of anilines is 1. The van der Waals surface area contributed by atoms with Crippen molar-refractivity contribution >= 4 is 57.9 Å². The Morgan fingerprint density at radius 2 is 1.88 bits per heavy atom. The van der Waals surface area contributed by atoms with Gasteiger partial charge in [0.05, 0.1) is 20.7 Å². The molecule has 1 aliphatic heterocycles. The number of amides is 1. The Hall–Kier alpha value is -2.35. The number of benzene rings is 2. The maximum absolute atomic E-state index is 12.3. The molecule has 0 bridgehead atoms. The zero-order chi connectivity index (χ0) is 18.8. The fourth-order valence-electron chi connectivity index (χ4n) is 2.45. The number of rotatable bonds is 3. The first-order chi connectivity index (χ1) is 12.3. The number of nitro benzene ring substituents is 1. The van der Waals surface area contributed by atoms with Crippen molar-refractivity contribution in [1.29, 1.82) is 0 Å². The first kappa shape index (κ1) is 18.4. The Morgan fingerprint density at radius 1 is 1.19 bits per heavy atom. The van der Waals surface area contributed by atoms with Crippen molar-refractivity contribution in [3.05, 3.63) is 67.1 Å². The highest BCUT2D eigenvalue weighted by molar-refractivity contribution is 6.41. The van der Waals surface area contributed by atoms with Gasteiger partial charge in [0.25, 0.3) is 11.6 Å². The third-order valence-electron chi connectivity index (χ3n) is 3.62. The number of halogens is 3. The van der Waals surface area contributed by atoms with Gasteiger partial charge in [-0.2, -0.15) is 5.10 Å². The van der Waals surface area contributed by atoms with E-state index in [1.165, 1.54) is 24.3 Å². The average molecular weight is 414 g/mol. The van der Waals surface area contributed by atoms with Crippen LogP contribution in [0.15, 0.2) is 41.5 Å². The summed E-state index contributed by atoms with van der Waals surface area (Å²) < 4.78 is 0. The summed E-state index contributed by atoms with van der Waals surface area (Å²) in [6, 6.07) is 8.57. The number of carbonyl (C=O) groups is 1. The van der Waals surface area contributed by atoms with E-state index in [0.717, 1.165) is 0 Å². The lowest BCUT2D eigenvalue weighted by Gasteiger charge is -2.16. The van der Waals surface area contributed by atoms with Gasteiger partial charge in [-0.1, -0.05) is 40.9 Å². The van der Waals surface area contributed by atoms with Crippen molar-refractivity contribution in [1.82, 2.24) is 5.32 Å². The molecule has 10 heteroatoms. The predicted octanol–water partition coefficient (Wildman–Crippen LogP) is 4.51. The molecule has 0 unspecified atom stereocenters. The first-order valence-corrected chi connectivity index (χ1v) is 8.54. The molecule has 1 heterocycles. The second kappa shape index (κ2) is 7.49. The Bertz CT molecular complexity index is 910. The van der Waals surface area contributed by atoms with E-state index in [4.69, 9.17) is 34.8 Å². The molecule has 0 saturated carbocycles. The molecule has 0 fully saturated rings. The molecule has 1 aliphatic rings. The van der Waals surface area contributed by atoms with Gasteiger partial charge in [-0.15, -0.1) is 0 Å². The number of nitrogens with one attached hydrogen (secondary N) is 1. The van der Waals surface area contributed by atoms with Crippen LogP contribution in [-0.4, -0.2) is 23.2 Å². The van der Waals surface area contributed by atoms with Gasteiger partial charge in [0.1, 0.15) is 5.84 Å². The highest BCUT2D eigenvalue weighted by Gasteiger charge is 2.23. The van der Waals surface area contributed by atoms with Crippen LogP contribution in [0, 0.1) is 10.1 Å². The van der Waals surface area contributed by atoms with E-state index in [-0.39, 0.29) is 11.3 Å². The van der Waals surface area contributed by atoms with Crippen molar-refractivity contribution in [2.45, 2.75) is 6.42 Å². The van der Waals surface area contributed by atoms with Gasteiger partial charge in [-0.05, 0) is 18.2 Å². The molecule has 0 atom stereocenters. The number of carbonyl (C=O) groups excluding carboxylic acids is 1. The molecule has 0 radical (unpaired) electrons. The average Bonchev–Trinajstić information content (AvgIpc) is 3.02. The third kappa shape index (κ3) is 3.90. The van der Waals surface area contributed by atoms with Crippen molar-refractivity contribution in [3.8, 4) is 0 Å². The Labute approximate surface area is 163 Å². The smallest absolute Gasteiger partial charge is 0.270 e. The fourth-order valence-corrected chi connectivity index (χ4v) is 3.46. The quantitative estimate of drug-likeness (QED) is 0.592. The monoisotopic (exact) mass is 412 g/mol. The number of hydrogen-bond acceptors (Lipinski definition) is 5. The van der Waals surface area contributed by atoms with Crippen molar-refractivity contribution in [2.75, 3.05) is 11.6 Å². The summed E-state index contributed by atoms with van der Waals surface area (Å²) in [7, 11) is 0. The number of hydrazone groups is 1. The molecule has 1 amide bonds. The summed E-state index contributed by atoms with van der Waals surface area (Å²) in [5, 5.41) is 20.4. The topological polar surface area (TPSA) is 87.8 Å². The fraction of sp³-hybridized carbons (Fsp3) is 0.125. The minimum Gasteiger partial charge on any atom is -0.309 e. The molecule has 134 valence electrons. The highest BCUT2D eigenvalue weighted by Crippen LogP contribution is 2.37. The van der Waals surface area contributed by atoms with Crippen molar-refractivity contribution < 1.29 is 9.72 Å². The largest absolute Gasteiger partial charge is 0.309 e. The van der Waals surface area contributed by atoms with Crippen molar-refractivity contribution in [3.63, 3.8) is 0 Å². The molecule has 0 aromatic heterocycles. The summed E-state index contributed by atoms with van der Waals surface area (Å²) in [5.74, 6) is -0.0776. The SMILES string of the molecule is O=C(NC1=NN(c2c(Cl)cc(Cl)cc2Cl)CC1)c1cccc([N+](=O)[O-])c1. The van der Waals surface area contributed by atoms with E-state index >= 15 is 0 Å².